The van der Waals surface area contributed by atoms with Crippen molar-refractivity contribution in [1.29, 1.82) is 0 Å². The van der Waals surface area contributed by atoms with Gasteiger partial charge >= 0.3 is 0 Å². The van der Waals surface area contributed by atoms with Gasteiger partial charge in [-0.3, -0.25) is 9.59 Å². The van der Waals surface area contributed by atoms with Crippen LogP contribution in [-0.2, 0) is 14.8 Å². The summed E-state index contributed by atoms with van der Waals surface area (Å²) in [6.45, 7) is 6.54. The van der Waals surface area contributed by atoms with Crippen LogP contribution in [0.2, 0.25) is 0 Å². The first-order chi connectivity index (χ1) is 14.1. The van der Waals surface area contributed by atoms with E-state index in [1.165, 1.54) is 25.1 Å². The van der Waals surface area contributed by atoms with Crippen LogP contribution in [-0.4, -0.2) is 88.2 Å². The summed E-state index contributed by atoms with van der Waals surface area (Å²) in [4.78, 5) is 31.0. The molecule has 30 heavy (non-hydrogen) atoms. The molecule has 0 spiro atoms. The molecule has 0 aromatic heterocycles. The summed E-state index contributed by atoms with van der Waals surface area (Å²) in [5, 5.41) is 0. The smallest absolute Gasteiger partial charge is 0.256 e. The maximum atomic E-state index is 13.3. The minimum atomic E-state index is -3.68. The van der Waals surface area contributed by atoms with E-state index in [2.05, 4.69) is 4.90 Å². The van der Waals surface area contributed by atoms with Crippen LogP contribution in [0.4, 0.5) is 5.69 Å². The molecule has 0 unspecified atom stereocenters. The average molecular weight is 439 g/mol. The molecule has 0 N–H and O–H groups in total. The maximum Gasteiger partial charge on any atom is 0.256 e. The standard InChI is InChI=1S/C21H34N4O4S/c1-6-24(7-2)20(26)16-23(5)21(27)18-15-17(30(28,29)22(3)4)11-12-19(18)25-13-9-8-10-14-25/h11-12,15H,6-10,13-14,16H2,1-5H3. The van der Waals surface area contributed by atoms with Crippen LogP contribution in [0.3, 0.4) is 0 Å². The quantitative estimate of drug-likeness (QED) is 0.619. The summed E-state index contributed by atoms with van der Waals surface area (Å²) in [7, 11) is 0.824. The minimum absolute atomic E-state index is 0.0510. The third-order valence-electron chi connectivity index (χ3n) is 5.51. The number of likely N-dealkylation sites (N-methyl/N-ethyl adjacent to an activating group) is 2. The van der Waals surface area contributed by atoms with Gasteiger partial charge in [0, 0.05) is 53.0 Å². The molecule has 1 aromatic rings. The summed E-state index contributed by atoms with van der Waals surface area (Å²) in [5.41, 5.74) is 1.04. The lowest BCUT2D eigenvalue weighted by atomic mass is 10.1. The number of hydrogen-bond donors (Lipinski definition) is 0. The molecule has 2 rings (SSSR count). The second-order valence-electron chi connectivity index (χ2n) is 7.74. The highest BCUT2D eigenvalue weighted by Crippen LogP contribution is 2.28. The Bertz CT molecular complexity index is 860. The molecule has 0 bridgehead atoms. The number of sulfonamides is 1. The Balaban J connectivity index is 2.42. The average Bonchev–Trinajstić information content (AvgIpc) is 2.74. The molecule has 1 aliphatic heterocycles. The van der Waals surface area contributed by atoms with Gasteiger partial charge in [0.1, 0.15) is 0 Å². The third-order valence-corrected chi connectivity index (χ3v) is 7.32. The van der Waals surface area contributed by atoms with Crippen LogP contribution in [0, 0.1) is 0 Å². The van der Waals surface area contributed by atoms with E-state index in [9.17, 15) is 18.0 Å². The van der Waals surface area contributed by atoms with Crippen LogP contribution in [0.15, 0.2) is 23.1 Å². The van der Waals surface area contributed by atoms with Crippen molar-refractivity contribution in [2.45, 2.75) is 38.0 Å². The van der Waals surface area contributed by atoms with Crippen molar-refractivity contribution in [3.05, 3.63) is 23.8 Å². The number of carbonyl (C=O) groups excluding carboxylic acids is 2. The number of benzene rings is 1. The van der Waals surface area contributed by atoms with Gasteiger partial charge < -0.3 is 14.7 Å². The van der Waals surface area contributed by atoms with Crippen molar-refractivity contribution in [3.8, 4) is 0 Å². The van der Waals surface area contributed by atoms with E-state index in [4.69, 9.17) is 0 Å². The molecule has 0 radical (unpaired) electrons. The molecule has 168 valence electrons. The topological polar surface area (TPSA) is 81.2 Å². The zero-order valence-corrected chi connectivity index (χ0v) is 19.5. The van der Waals surface area contributed by atoms with Crippen LogP contribution in [0.1, 0.15) is 43.5 Å². The molecule has 9 heteroatoms. The molecule has 0 atom stereocenters. The zero-order chi connectivity index (χ0) is 22.5. The van der Waals surface area contributed by atoms with Gasteiger partial charge in [0.2, 0.25) is 15.9 Å². The third kappa shape index (κ3) is 5.31. The van der Waals surface area contributed by atoms with Crippen molar-refractivity contribution < 1.29 is 18.0 Å². The van der Waals surface area contributed by atoms with Gasteiger partial charge in [0.05, 0.1) is 17.0 Å². The van der Waals surface area contributed by atoms with E-state index < -0.39 is 10.0 Å². The summed E-state index contributed by atoms with van der Waals surface area (Å²) in [6.07, 6.45) is 3.20. The fourth-order valence-electron chi connectivity index (χ4n) is 3.62. The normalized spacial score (nSPS) is 14.7. The molecule has 8 nitrogen and oxygen atoms in total. The summed E-state index contributed by atoms with van der Waals surface area (Å²) in [6, 6.07) is 4.71. The van der Waals surface area contributed by atoms with Crippen molar-refractivity contribution in [3.63, 3.8) is 0 Å². The molecule has 1 heterocycles. The molecule has 1 saturated heterocycles. The highest BCUT2D eigenvalue weighted by Gasteiger charge is 2.26. The zero-order valence-electron chi connectivity index (χ0n) is 18.7. The fraction of sp³-hybridized carbons (Fsp3) is 0.619. The first-order valence-electron chi connectivity index (χ1n) is 10.5. The lowest BCUT2D eigenvalue weighted by molar-refractivity contribution is -0.131. The molecule has 0 aliphatic carbocycles. The van der Waals surface area contributed by atoms with Gasteiger partial charge in [0.25, 0.3) is 5.91 Å². The van der Waals surface area contributed by atoms with Crippen molar-refractivity contribution in [2.24, 2.45) is 0 Å². The van der Waals surface area contributed by atoms with Crippen LogP contribution < -0.4 is 4.90 Å². The van der Waals surface area contributed by atoms with Crippen molar-refractivity contribution in [1.82, 2.24) is 14.1 Å². The van der Waals surface area contributed by atoms with Gasteiger partial charge in [-0.15, -0.1) is 0 Å². The fourth-order valence-corrected chi connectivity index (χ4v) is 4.55. The Hall–Kier alpha value is -2.13. The molecule has 2 amide bonds. The van der Waals surface area contributed by atoms with Gasteiger partial charge in [-0.25, -0.2) is 12.7 Å². The Morgan fingerprint density at radius 3 is 2.13 bits per heavy atom. The predicted octanol–water partition coefficient (Wildman–Crippen LogP) is 1.87. The summed E-state index contributed by atoms with van der Waals surface area (Å²) in [5.74, 6) is -0.487. The second-order valence-corrected chi connectivity index (χ2v) is 9.89. The van der Waals surface area contributed by atoms with Crippen molar-refractivity contribution in [2.75, 3.05) is 58.8 Å². The van der Waals surface area contributed by atoms with E-state index in [1.807, 2.05) is 13.8 Å². The van der Waals surface area contributed by atoms with Gasteiger partial charge in [-0.05, 0) is 51.3 Å². The molecular formula is C21H34N4O4S. The number of hydrogen-bond acceptors (Lipinski definition) is 5. The van der Waals surface area contributed by atoms with Gasteiger partial charge in [-0.2, -0.15) is 0 Å². The highest BCUT2D eigenvalue weighted by molar-refractivity contribution is 7.89. The molecule has 0 saturated carbocycles. The first-order valence-corrected chi connectivity index (χ1v) is 11.9. The lowest BCUT2D eigenvalue weighted by Gasteiger charge is -2.31. The summed E-state index contributed by atoms with van der Waals surface area (Å²) >= 11 is 0. The van der Waals surface area contributed by atoms with Crippen LogP contribution in [0.25, 0.3) is 0 Å². The Labute approximate surface area is 180 Å². The number of nitrogens with zero attached hydrogens (tertiary/aromatic N) is 4. The van der Waals surface area contributed by atoms with E-state index in [-0.39, 0.29) is 23.3 Å². The largest absolute Gasteiger partial charge is 0.371 e. The van der Waals surface area contributed by atoms with Gasteiger partial charge in [-0.1, -0.05) is 0 Å². The van der Waals surface area contributed by atoms with Crippen LogP contribution in [0.5, 0.6) is 0 Å². The number of anilines is 1. The lowest BCUT2D eigenvalue weighted by Crippen LogP contribution is -2.41. The molecular weight excluding hydrogens is 404 g/mol. The van der Waals surface area contributed by atoms with Gasteiger partial charge in [0.15, 0.2) is 0 Å². The molecule has 1 aromatic carbocycles. The van der Waals surface area contributed by atoms with E-state index >= 15 is 0 Å². The second kappa shape index (κ2) is 10.3. The van der Waals surface area contributed by atoms with E-state index in [0.717, 1.165) is 42.3 Å². The number of amides is 2. The predicted molar refractivity (Wildman–Crippen MR) is 118 cm³/mol. The van der Waals surface area contributed by atoms with E-state index in [0.29, 0.717) is 18.7 Å². The van der Waals surface area contributed by atoms with E-state index in [1.54, 1.807) is 24.1 Å². The summed E-state index contributed by atoms with van der Waals surface area (Å²) < 4.78 is 26.4. The molecule has 1 aliphatic rings. The Morgan fingerprint density at radius 2 is 1.60 bits per heavy atom. The van der Waals surface area contributed by atoms with Crippen molar-refractivity contribution >= 4 is 27.5 Å². The van der Waals surface area contributed by atoms with Crippen LogP contribution >= 0.6 is 0 Å². The maximum absolute atomic E-state index is 13.3. The Morgan fingerprint density at radius 1 is 1.00 bits per heavy atom. The monoisotopic (exact) mass is 438 g/mol. The minimum Gasteiger partial charge on any atom is -0.371 e. The number of carbonyl (C=O) groups is 2. The Kier molecular flexibility index (Phi) is 8.25. The first kappa shape index (κ1) is 24.1. The number of rotatable bonds is 8. The number of piperidine rings is 1. The molecule has 1 fully saturated rings. The SMILES string of the molecule is CCN(CC)C(=O)CN(C)C(=O)c1cc(S(=O)(=O)N(C)C)ccc1N1CCCCC1. The highest BCUT2D eigenvalue weighted by atomic mass is 32.2.